The molecule has 0 spiro atoms. The molecule has 0 saturated heterocycles. The van der Waals surface area contributed by atoms with E-state index in [2.05, 4.69) is 4.98 Å². The molecule has 10 heteroatoms. The minimum absolute atomic E-state index is 0.0299. The number of allylic oxidation sites excluding steroid dienone is 1. The minimum atomic E-state index is -2.66. The monoisotopic (exact) mass is 505 g/mol. The molecule has 1 aromatic carbocycles. The van der Waals surface area contributed by atoms with Crippen molar-refractivity contribution >= 4 is 17.5 Å². The summed E-state index contributed by atoms with van der Waals surface area (Å²) in [5.41, 5.74) is 4.20. The highest BCUT2D eigenvalue weighted by Gasteiger charge is 2.63. The smallest absolute Gasteiger partial charge is 0.255 e. The maximum Gasteiger partial charge on any atom is 0.255 e. The number of ketones is 2. The van der Waals surface area contributed by atoms with Gasteiger partial charge in [-0.05, 0) is 69.6 Å². The predicted molar refractivity (Wildman–Crippen MR) is 132 cm³/mol. The Labute approximate surface area is 212 Å². The highest BCUT2D eigenvalue weighted by Crippen LogP contribution is 2.53. The summed E-state index contributed by atoms with van der Waals surface area (Å²) >= 11 is 0. The molecule has 6 N–H and O–H groups in total. The Hall–Kier alpha value is -4.02. The molecule has 2 aromatic rings. The number of Topliss-reactive ketones (excluding diaryl/α,β-unsaturated/α-hetero) is 2. The van der Waals surface area contributed by atoms with Crippen molar-refractivity contribution in [2.45, 2.75) is 31.4 Å². The number of aliphatic hydroxyl groups is 3. The van der Waals surface area contributed by atoms with Crippen molar-refractivity contribution in [1.82, 2.24) is 9.88 Å². The van der Waals surface area contributed by atoms with Crippen LogP contribution in [-0.4, -0.2) is 73.5 Å². The average Bonchev–Trinajstić information content (AvgIpc) is 2.81. The third-order valence-corrected chi connectivity index (χ3v) is 7.77. The van der Waals surface area contributed by atoms with Gasteiger partial charge >= 0.3 is 0 Å². The largest absolute Gasteiger partial charge is 0.510 e. The molecular formula is C27H27N3O7. The third-order valence-electron chi connectivity index (χ3n) is 7.77. The number of likely N-dealkylation sites (N-methyl/N-ethyl adjacent to an activating group) is 1. The molecule has 0 saturated carbocycles. The summed E-state index contributed by atoms with van der Waals surface area (Å²) in [6, 6.07) is 7.48. The summed E-state index contributed by atoms with van der Waals surface area (Å²) in [5.74, 6) is -6.74. The third kappa shape index (κ3) is 3.32. The van der Waals surface area contributed by atoms with Gasteiger partial charge in [0, 0.05) is 22.7 Å². The number of phenolic OH excluding ortho intramolecular Hbond substituents is 1. The van der Waals surface area contributed by atoms with Gasteiger partial charge in [0.05, 0.1) is 17.3 Å². The van der Waals surface area contributed by atoms with Gasteiger partial charge in [0.15, 0.2) is 11.4 Å². The van der Waals surface area contributed by atoms with Gasteiger partial charge in [0.25, 0.3) is 5.91 Å². The van der Waals surface area contributed by atoms with Crippen molar-refractivity contribution < 1.29 is 34.8 Å². The molecule has 1 aromatic heterocycles. The summed E-state index contributed by atoms with van der Waals surface area (Å²) in [5, 5.41) is 44.5. The fourth-order valence-electron chi connectivity index (χ4n) is 6.18. The van der Waals surface area contributed by atoms with Crippen molar-refractivity contribution in [3.63, 3.8) is 0 Å². The van der Waals surface area contributed by atoms with Crippen molar-refractivity contribution in [3.8, 4) is 17.0 Å². The molecule has 1 heterocycles. The number of amides is 1. The first-order chi connectivity index (χ1) is 17.4. The lowest BCUT2D eigenvalue weighted by Gasteiger charge is -2.50. The number of aryl methyl sites for hydroxylation is 1. The van der Waals surface area contributed by atoms with Crippen LogP contribution in [0.1, 0.15) is 28.0 Å². The Balaban J connectivity index is 1.73. The molecular weight excluding hydrogens is 478 g/mol. The maximum atomic E-state index is 13.8. The number of aromatic hydroxyl groups is 1. The highest BCUT2D eigenvalue weighted by molar-refractivity contribution is 6.24. The van der Waals surface area contributed by atoms with Crippen LogP contribution in [0.5, 0.6) is 5.75 Å². The number of aromatic nitrogens is 1. The van der Waals surface area contributed by atoms with Gasteiger partial charge in [-0.2, -0.15) is 0 Å². The van der Waals surface area contributed by atoms with E-state index >= 15 is 0 Å². The van der Waals surface area contributed by atoms with Gasteiger partial charge in [-0.15, -0.1) is 0 Å². The molecule has 3 aliphatic carbocycles. The van der Waals surface area contributed by atoms with Crippen LogP contribution in [0.25, 0.3) is 11.3 Å². The second-order valence-electron chi connectivity index (χ2n) is 10.1. The maximum absolute atomic E-state index is 13.8. The number of fused-ring (bicyclic) bond motifs is 3. The minimum Gasteiger partial charge on any atom is -0.510 e. The van der Waals surface area contributed by atoms with E-state index in [1.54, 1.807) is 26.2 Å². The van der Waals surface area contributed by atoms with E-state index in [1.807, 2.05) is 19.1 Å². The van der Waals surface area contributed by atoms with Crippen molar-refractivity contribution in [1.29, 1.82) is 0 Å². The van der Waals surface area contributed by atoms with Gasteiger partial charge in [0.1, 0.15) is 22.8 Å². The second-order valence-corrected chi connectivity index (χ2v) is 10.1. The number of rotatable bonds is 3. The van der Waals surface area contributed by atoms with E-state index in [1.165, 1.54) is 11.0 Å². The number of nitrogens with two attached hydrogens (primary N) is 1. The molecule has 10 nitrogen and oxygen atoms in total. The molecule has 0 aliphatic heterocycles. The van der Waals surface area contributed by atoms with Gasteiger partial charge in [-0.3, -0.25) is 24.3 Å². The van der Waals surface area contributed by atoms with Crippen LogP contribution in [0, 0.1) is 18.8 Å². The van der Waals surface area contributed by atoms with Crippen LogP contribution in [0.3, 0.4) is 0 Å². The van der Waals surface area contributed by atoms with Gasteiger partial charge in [-0.25, -0.2) is 0 Å². The lowest BCUT2D eigenvalue weighted by molar-refractivity contribution is -0.148. The van der Waals surface area contributed by atoms with Crippen LogP contribution in [0.2, 0.25) is 0 Å². The van der Waals surface area contributed by atoms with Crippen LogP contribution in [-0.2, 0) is 16.0 Å². The van der Waals surface area contributed by atoms with E-state index in [4.69, 9.17) is 5.73 Å². The number of hydrogen-bond donors (Lipinski definition) is 5. The zero-order valence-corrected chi connectivity index (χ0v) is 20.5. The summed E-state index contributed by atoms with van der Waals surface area (Å²) in [6.45, 7) is 1.84. The molecule has 192 valence electrons. The van der Waals surface area contributed by atoms with E-state index < -0.39 is 58.0 Å². The highest BCUT2D eigenvalue weighted by atomic mass is 16.3. The number of carbonyl (C=O) groups excluding carboxylic acids is 3. The molecule has 0 bridgehead atoms. The second kappa shape index (κ2) is 8.25. The topological polar surface area (TPSA) is 174 Å². The number of carbonyl (C=O) groups is 3. The van der Waals surface area contributed by atoms with E-state index in [9.17, 15) is 34.8 Å². The SMILES string of the molecule is Cc1cccc(-c2ccc(O)c3c2C[C@H]2C[C@H]4[C@H](N(C)C)C(O)=C(C(N)=O)C(=O)[C@@]4(O)C(O)=C2C3=O)n1. The first-order valence-electron chi connectivity index (χ1n) is 11.8. The van der Waals surface area contributed by atoms with E-state index in [-0.39, 0.29) is 29.7 Å². The Morgan fingerprint density at radius 3 is 2.46 bits per heavy atom. The summed E-state index contributed by atoms with van der Waals surface area (Å²) in [4.78, 5) is 45.2. The Bertz CT molecular complexity index is 1460. The lowest BCUT2D eigenvalue weighted by atomic mass is 9.58. The van der Waals surface area contributed by atoms with E-state index in [0.29, 0.717) is 16.8 Å². The fourth-order valence-corrected chi connectivity index (χ4v) is 6.18. The Kier molecular flexibility index (Phi) is 5.50. The fraction of sp³-hybridized carbons (Fsp3) is 0.333. The Morgan fingerprint density at radius 1 is 1.14 bits per heavy atom. The number of nitrogens with zero attached hydrogens (tertiary/aromatic N) is 2. The molecule has 5 rings (SSSR count). The molecule has 37 heavy (non-hydrogen) atoms. The molecule has 1 amide bonds. The zero-order chi connectivity index (χ0) is 27.0. The summed E-state index contributed by atoms with van der Waals surface area (Å²) < 4.78 is 0. The number of primary amides is 1. The van der Waals surface area contributed by atoms with Crippen LogP contribution in [0.15, 0.2) is 53.0 Å². The summed E-state index contributed by atoms with van der Waals surface area (Å²) in [6.07, 6.45) is 0.232. The lowest BCUT2D eigenvalue weighted by Crippen LogP contribution is -2.63. The average molecular weight is 506 g/mol. The molecule has 0 unspecified atom stereocenters. The number of benzene rings is 1. The van der Waals surface area contributed by atoms with Crippen molar-refractivity contribution in [2.75, 3.05) is 14.1 Å². The number of aliphatic hydroxyl groups excluding tert-OH is 2. The van der Waals surface area contributed by atoms with Crippen LogP contribution in [0.4, 0.5) is 0 Å². The van der Waals surface area contributed by atoms with Gasteiger partial charge in [0.2, 0.25) is 5.78 Å². The molecule has 0 fully saturated rings. The molecule has 0 radical (unpaired) electrons. The van der Waals surface area contributed by atoms with Crippen molar-refractivity contribution in [3.05, 3.63) is 69.8 Å². The van der Waals surface area contributed by atoms with E-state index in [0.717, 1.165) is 5.69 Å². The molecule has 3 aliphatic rings. The normalized spacial score (nSPS) is 27.2. The number of pyridine rings is 1. The number of hydrogen-bond acceptors (Lipinski definition) is 9. The van der Waals surface area contributed by atoms with Gasteiger partial charge < -0.3 is 26.2 Å². The van der Waals surface area contributed by atoms with Crippen LogP contribution < -0.4 is 5.73 Å². The van der Waals surface area contributed by atoms with Crippen LogP contribution >= 0.6 is 0 Å². The standard InChI is InChI=1S/C27H27N3O7/c1-11-5-4-6-16(29-11)13-7-8-17(31)19-14(13)9-12-10-15-21(30(2)3)23(33)20(26(28)36)25(35)27(15,37)24(34)18(12)22(19)32/h4-8,12,15,21,31,33-34,37H,9-10H2,1-3H3,(H2,28,36)/t12-,15-,21-,27-/m0/s1. The zero-order valence-electron chi connectivity index (χ0n) is 20.5. The van der Waals surface area contributed by atoms with Crippen molar-refractivity contribution in [2.24, 2.45) is 17.6 Å². The Morgan fingerprint density at radius 2 is 1.84 bits per heavy atom. The quantitative estimate of drug-likeness (QED) is 0.387. The first-order valence-corrected chi connectivity index (χ1v) is 11.8. The predicted octanol–water partition coefficient (Wildman–Crippen LogP) is 1.49. The number of phenols is 1. The molecule has 4 atom stereocenters. The first kappa shape index (κ1) is 24.7. The summed E-state index contributed by atoms with van der Waals surface area (Å²) in [7, 11) is 3.18. The van der Waals surface area contributed by atoms with Gasteiger partial charge in [-0.1, -0.05) is 6.07 Å².